The van der Waals surface area contributed by atoms with Crippen LogP contribution in [0.2, 0.25) is 0 Å². The van der Waals surface area contributed by atoms with E-state index in [9.17, 15) is 18.0 Å². The summed E-state index contributed by atoms with van der Waals surface area (Å²) >= 11 is 0. The molecule has 7 rings (SSSR count). The van der Waals surface area contributed by atoms with Gasteiger partial charge in [-0.05, 0) is 74.0 Å². The van der Waals surface area contributed by atoms with Gasteiger partial charge in [-0.1, -0.05) is 12.1 Å². The molecule has 2 heterocycles. The third-order valence-corrected chi connectivity index (χ3v) is 8.42. The molecule has 2 atom stereocenters. The van der Waals surface area contributed by atoms with E-state index in [-0.39, 0.29) is 29.2 Å². The highest BCUT2D eigenvalue weighted by atomic mass is 19.4. The number of amides is 1. The maximum atomic E-state index is 14.0. The van der Waals surface area contributed by atoms with Crippen LogP contribution in [0.15, 0.2) is 30.5 Å². The Bertz CT molecular complexity index is 1060. The normalized spacial score (nSPS) is 33.8. The first-order valence-corrected chi connectivity index (χ1v) is 12.1. The molecule has 0 saturated heterocycles. The molecule has 1 aliphatic heterocycles. The SMILES string of the molecule is COc1ccc([C@@H]2C[C@H](C(F)(F)F)n3ncc(C(=O)NC45CC6CC(CC(C6)C4)C5)c3N2)cc1. The van der Waals surface area contributed by atoms with Crippen molar-refractivity contribution >= 4 is 11.7 Å². The number of fused-ring (bicyclic) bond motifs is 1. The molecule has 1 aromatic heterocycles. The summed E-state index contributed by atoms with van der Waals surface area (Å²) in [6.07, 6.45) is 3.25. The Kier molecular flexibility index (Phi) is 4.90. The number of anilines is 1. The van der Waals surface area contributed by atoms with Crippen molar-refractivity contribution in [2.75, 3.05) is 12.4 Å². The van der Waals surface area contributed by atoms with Crippen molar-refractivity contribution in [2.24, 2.45) is 17.8 Å². The Morgan fingerprint density at radius 1 is 1.09 bits per heavy atom. The number of aromatic nitrogens is 2. The van der Waals surface area contributed by atoms with Crippen molar-refractivity contribution in [1.82, 2.24) is 15.1 Å². The quantitative estimate of drug-likeness (QED) is 0.635. The molecule has 4 saturated carbocycles. The molecule has 182 valence electrons. The Balaban J connectivity index is 1.30. The summed E-state index contributed by atoms with van der Waals surface area (Å²) in [4.78, 5) is 13.4. The molecule has 34 heavy (non-hydrogen) atoms. The van der Waals surface area contributed by atoms with Crippen molar-refractivity contribution in [3.05, 3.63) is 41.6 Å². The second-order valence-corrected chi connectivity index (χ2v) is 10.8. The zero-order valence-electron chi connectivity index (χ0n) is 19.1. The maximum absolute atomic E-state index is 14.0. The highest BCUT2D eigenvalue weighted by Gasteiger charge is 2.52. The van der Waals surface area contributed by atoms with E-state index in [1.807, 2.05) is 0 Å². The van der Waals surface area contributed by atoms with Crippen LogP contribution < -0.4 is 15.4 Å². The number of nitrogens with one attached hydrogen (secondary N) is 2. The van der Waals surface area contributed by atoms with Gasteiger partial charge in [0.1, 0.15) is 17.1 Å². The molecule has 0 unspecified atom stereocenters. The second-order valence-electron chi connectivity index (χ2n) is 10.8. The van der Waals surface area contributed by atoms with Gasteiger partial charge >= 0.3 is 6.18 Å². The van der Waals surface area contributed by atoms with Gasteiger partial charge in [-0.25, -0.2) is 4.68 Å². The fourth-order valence-corrected chi connectivity index (χ4v) is 7.36. The van der Waals surface area contributed by atoms with E-state index in [2.05, 4.69) is 15.7 Å². The average Bonchev–Trinajstić information content (AvgIpc) is 3.20. The van der Waals surface area contributed by atoms with Gasteiger partial charge in [0.15, 0.2) is 6.04 Å². The lowest BCUT2D eigenvalue weighted by Gasteiger charge is -2.56. The van der Waals surface area contributed by atoms with Crippen LogP contribution in [0.5, 0.6) is 5.75 Å². The number of alkyl halides is 3. The maximum Gasteiger partial charge on any atom is 0.410 e. The number of hydrogen-bond donors (Lipinski definition) is 2. The molecule has 0 radical (unpaired) electrons. The van der Waals surface area contributed by atoms with Gasteiger partial charge in [-0.3, -0.25) is 4.79 Å². The minimum Gasteiger partial charge on any atom is -0.497 e. The van der Waals surface area contributed by atoms with Crippen molar-refractivity contribution in [1.29, 1.82) is 0 Å². The standard InChI is InChI=1S/C25H29F3N4O2/c1-34-18-4-2-17(3-5-18)20-9-21(25(26,27)28)32-22(30-20)19(13-29-32)23(33)31-24-10-14-6-15(11-24)8-16(7-14)12-24/h2-5,13-16,20-21,30H,6-12H2,1H3,(H,31,33)/t14?,15?,16?,20-,21+,24?/m0/s1. The van der Waals surface area contributed by atoms with Crippen LogP contribution in [0.4, 0.5) is 19.0 Å². The molecule has 2 N–H and O–H groups in total. The number of hydrogen-bond acceptors (Lipinski definition) is 4. The number of benzene rings is 1. The van der Waals surface area contributed by atoms with Crippen LogP contribution >= 0.6 is 0 Å². The summed E-state index contributed by atoms with van der Waals surface area (Å²) in [6.45, 7) is 0. The summed E-state index contributed by atoms with van der Waals surface area (Å²) in [5, 5.41) is 10.5. The zero-order chi connectivity index (χ0) is 23.7. The van der Waals surface area contributed by atoms with Crippen LogP contribution in [0.25, 0.3) is 0 Å². The van der Waals surface area contributed by atoms with Crippen LogP contribution in [-0.4, -0.2) is 34.5 Å². The molecule has 2 aromatic rings. The summed E-state index contributed by atoms with van der Waals surface area (Å²) in [5.74, 6) is 2.40. The lowest BCUT2D eigenvalue weighted by Crippen LogP contribution is -2.59. The number of nitrogens with zero attached hydrogens (tertiary/aromatic N) is 2. The van der Waals surface area contributed by atoms with Crippen molar-refractivity contribution in [2.45, 2.75) is 68.7 Å². The van der Waals surface area contributed by atoms with E-state index in [0.717, 1.165) is 23.9 Å². The van der Waals surface area contributed by atoms with E-state index in [1.165, 1.54) is 25.5 Å². The monoisotopic (exact) mass is 474 g/mol. The molecular formula is C25H29F3N4O2. The average molecular weight is 475 g/mol. The van der Waals surface area contributed by atoms with Crippen molar-refractivity contribution < 1.29 is 22.7 Å². The molecule has 4 fully saturated rings. The third kappa shape index (κ3) is 3.64. The minimum absolute atomic E-state index is 0.136. The largest absolute Gasteiger partial charge is 0.497 e. The molecule has 6 nitrogen and oxygen atoms in total. The van der Waals surface area contributed by atoms with Crippen molar-refractivity contribution in [3.8, 4) is 5.75 Å². The van der Waals surface area contributed by atoms with E-state index < -0.39 is 18.3 Å². The Morgan fingerprint density at radius 3 is 2.26 bits per heavy atom. The highest BCUT2D eigenvalue weighted by molar-refractivity contribution is 5.99. The van der Waals surface area contributed by atoms with Crippen LogP contribution in [0.3, 0.4) is 0 Å². The zero-order valence-corrected chi connectivity index (χ0v) is 19.1. The predicted octanol–water partition coefficient (Wildman–Crippen LogP) is 5.25. The van der Waals surface area contributed by atoms with E-state index in [4.69, 9.17) is 4.74 Å². The number of rotatable bonds is 4. The van der Waals surface area contributed by atoms with E-state index in [0.29, 0.717) is 29.1 Å². The summed E-state index contributed by atoms with van der Waals surface area (Å²) in [6, 6.07) is 4.55. The first-order chi connectivity index (χ1) is 16.2. The Labute approximate surface area is 196 Å². The van der Waals surface area contributed by atoms with E-state index >= 15 is 0 Å². The van der Waals surface area contributed by atoms with Gasteiger partial charge in [0.2, 0.25) is 0 Å². The Morgan fingerprint density at radius 2 is 1.71 bits per heavy atom. The number of carbonyl (C=O) groups is 1. The number of carbonyl (C=O) groups excluding carboxylic acids is 1. The molecule has 5 aliphatic rings. The van der Waals surface area contributed by atoms with Crippen LogP contribution in [0, 0.1) is 17.8 Å². The molecular weight excluding hydrogens is 445 g/mol. The number of methoxy groups -OCH3 is 1. The number of ether oxygens (including phenoxy) is 1. The molecule has 4 bridgehead atoms. The molecule has 4 aliphatic carbocycles. The number of halogens is 3. The molecule has 0 spiro atoms. The summed E-state index contributed by atoms with van der Waals surface area (Å²) < 4.78 is 48.2. The topological polar surface area (TPSA) is 68.2 Å². The predicted molar refractivity (Wildman–Crippen MR) is 120 cm³/mol. The fraction of sp³-hybridized carbons (Fsp3) is 0.600. The van der Waals surface area contributed by atoms with Gasteiger partial charge in [0.05, 0.1) is 19.3 Å². The van der Waals surface area contributed by atoms with Gasteiger partial charge in [0, 0.05) is 12.0 Å². The van der Waals surface area contributed by atoms with Crippen molar-refractivity contribution in [3.63, 3.8) is 0 Å². The molecule has 9 heteroatoms. The van der Waals surface area contributed by atoms with E-state index in [1.54, 1.807) is 31.4 Å². The lowest BCUT2D eigenvalue weighted by molar-refractivity contribution is -0.173. The van der Waals surface area contributed by atoms with Crippen LogP contribution in [-0.2, 0) is 0 Å². The Hall–Kier alpha value is -2.71. The minimum atomic E-state index is -4.48. The first-order valence-electron chi connectivity index (χ1n) is 12.1. The van der Waals surface area contributed by atoms with Gasteiger partial charge < -0.3 is 15.4 Å². The van der Waals surface area contributed by atoms with Crippen LogP contribution in [0.1, 0.15) is 73.0 Å². The molecule has 1 aromatic carbocycles. The second kappa shape index (κ2) is 7.65. The lowest BCUT2D eigenvalue weighted by atomic mass is 9.53. The summed E-state index contributed by atoms with van der Waals surface area (Å²) in [7, 11) is 1.54. The van der Waals surface area contributed by atoms with Gasteiger partial charge in [-0.15, -0.1) is 0 Å². The smallest absolute Gasteiger partial charge is 0.410 e. The van der Waals surface area contributed by atoms with Gasteiger partial charge in [0.25, 0.3) is 5.91 Å². The third-order valence-electron chi connectivity index (χ3n) is 8.42. The highest BCUT2D eigenvalue weighted by Crippen LogP contribution is 2.55. The van der Waals surface area contributed by atoms with Gasteiger partial charge in [-0.2, -0.15) is 18.3 Å². The molecule has 1 amide bonds. The first kappa shape index (κ1) is 21.8. The fourth-order valence-electron chi connectivity index (χ4n) is 7.36. The summed E-state index contributed by atoms with van der Waals surface area (Å²) in [5.41, 5.74) is 0.659.